The molecule has 2 rings (SSSR count). The van der Waals surface area contributed by atoms with Crippen LogP contribution in [0.4, 0.5) is 16.2 Å². The number of nitrogens with one attached hydrogen (secondary N) is 2. The van der Waals surface area contributed by atoms with E-state index < -0.39 is 5.82 Å². The van der Waals surface area contributed by atoms with E-state index in [4.69, 9.17) is 0 Å². The van der Waals surface area contributed by atoms with E-state index >= 15 is 0 Å². The van der Waals surface area contributed by atoms with Crippen LogP contribution in [0.25, 0.3) is 0 Å². The quantitative estimate of drug-likeness (QED) is 0.850. The molecule has 0 aliphatic heterocycles. The van der Waals surface area contributed by atoms with Crippen molar-refractivity contribution in [2.24, 2.45) is 0 Å². The molecule has 2 N–H and O–H groups in total. The zero-order valence-electron chi connectivity index (χ0n) is 10.4. The molecule has 4 nitrogen and oxygen atoms in total. The first-order valence-electron chi connectivity index (χ1n) is 6.11. The average molecular weight is 238 g/mol. The van der Waals surface area contributed by atoms with Gasteiger partial charge in [-0.2, -0.15) is 4.98 Å². The molecule has 5 heteroatoms. The van der Waals surface area contributed by atoms with E-state index in [-0.39, 0.29) is 5.54 Å². The number of hydrogen-bond acceptors (Lipinski definition) is 4. The summed E-state index contributed by atoms with van der Waals surface area (Å²) in [4.78, 5) is 7.96. The van der Waals surface area contributed by atoms with Gasteiger partial charge >= 0.3 is 0 Å². The van der Waals surface area contributed by atoms with Crippen LogP contribution in [0.3, 0.4) is 0 Å². The average Bonchev–Trinajstić information content (AvgIpc) is 2.33. The van der Waals surface area contributed by atoms with E-state index in [1.54, 1.807) is 7.05 Å². The van der Waals surface area contributed by atoms with Gasteiger partial charge in [0.25, 0.3) is 0 Å². The van der Waals surface area contributed by atoms with Gasteiger partial charge in [-0.15, -0.1) is 0 Å². The summed E-state index contributed by atoms with van der Waals surface area (Å²) in [7, 11) is 1.72. The van der Waals surface area contributed by atoms with Crippen molar-refractivity contribution in [3.05, 3.63) is 12.0 Å². The molecule has 1 aromatic rings. The van der Waals surface area contributed by atoms with Crippen molar-refractivity contribution >= 4 is 11.8 Å². The Morgan fingerprint density at radius 2 is 2.00 bits per heavy atom. The minimum absolute atomic E-state index is 0.0432. The summed E-state index contributed by atoms with van der Waals surface area (Å²) in [6, 6.07) is 0. The molecular weight excluding hydrogens is 219 g/mol. The fourth-order valence-electron chi connectivity index (χ4n) is 2.32. The van der Waals surface area contributed by atoms with Crippen molar-refractivity contribution < 1.29 is 4.39 Å². The van der Waals surface area contributed by atoms with Crippen LogP contribution >= 0.6 is 0 Å². The maximum atomic E-state index is 13.6. The van der Waals surface area contributed by atoms with E-state index in [0.29, 0.717) is 11.8 Å². The van der Waals surface area contributed by atoms with E-state index in [2.05, 4.69) is 27.5 Å². The van der Waals surface area contributed by atoms with Crippen LogP contribution in [0.5, 0.6) is 0 Å². The molecule has 0 aromatic carbocycles. The molecule has 0 unspecified atom stereocenters. The van der Waals surface area contributed by atoms with E-state index in [9.17, 15) is 4.39 Å². The predicted molar refractivity (Wildman–Crippen MR) is 66.6 cm³/mol. The molecule has 0 radical (unpaired) electrons. The molecule has 0 atom stereocenters. The molecule has 1 fully saturated rings. The van der Waals surface area contributed by atoms with E-state index in [1.807, 2.05) is 0 Å². The maximum Gasteiger partial charge on any atom is 0.224 e. The Bertz CT molecular complexity index is 388. The molecule has 17 heavy (non-hydrogen) atoms. The van der Waals surface area contributed by atoms with Gasteiger partial charge in [0.1, 0.15) is 0 Å². The van der Waals surface area contributed by atoms with Crippen LogP contribution in [0.1, 0.15) is 39.0 Å². The zero-order valence-corrected chi connectivity index (χ0v) is 10.4. The molecule has 1 saturated carbocycles. The first-order chi connectivity index (χ1) is 8.13. The summed E-state index contributed by atoms with van der Waals surface area (Å²) >= 11 is 0. The van der Waals surface area contributed by atoms with Gasteiger partial charge in [-0.3, -0.25) is 0 Å². The number of aromatic nitrogens is 2. The Morgan fingerprint density at radius 3 is 2.65 bits per heavy atom. The molecule has 0 spiro atoms. The largest absolute Gasteiger partial charge is 0.362 e. The third-order valence-corrected chi connectivity index (χ3v) is 3.34. The minimum Gasteiger partial charge on any atom is -0.362 e. The van der Waals surface area contributed by atoms with Crippen LogP contribution < -0.4 is 10.6 Å². The highest BCUT2D eigenvalue weighted by Gasteiger charge is 2.27. The third kappa shape index (κ3) is 2.84. The summed E-state index contributed by atoms with van der Waals surface area (Å²) in [6.45, 7) is 2.13. The smallest absolute Gasteiger partial charge is 0.224 e. The van der Waals surface area contributed by atoms with Crippen molar-refractivity contribution in [3.8, 4) is 0 Å². The number of anilines is 2. The lowest BCUT2D eigenvalue weighted by Gasteiger charge is -2.35. The van der Waals surface area contributed by atoms with Crippen LogP contribution in [-0.2, 0) is 0 Å². The second-order valence-electron chi connectivity index (χ2n) is 4.89. The fraction of sp³-hybridized carbons (Fsp3) is 0.667. The molecule has 0 saturated heterocycles. The Morgan fingerprint density at radius 1 is 1.29 bits per heavy atom. The van der Waals surface area contributed by atoms with Crippen molar-refractivity contribution in [1.29, 1.82) is 0 Å². The van der Waals surface area contributed by atoms with Gasteiger partial charge in [0.2, 0.25) is 5.95 Å². The Balaban J connectivity index is 2.16. The third-order valence-electron chi connectivity index (χ3n) is 3.34. The summed E-state index contributed by atoms with van der Waals surface area (Å²) in [5.41, 5.74) is -0.0432. The van der Waals surface area contributed by atoms with Gasteiger partial charge in [-0.25, -0.2) is 9.37 Å². The summed E-state index contributed by atoms with van der Waals surface area (Å²) < 4.78 is 13.6. The summed E-state index contributed by atoms with van der Waals surface area (Å²) in [6.07, 6.45) is 6.97. The van der Waals surface area contributed by atoms with E-state index in [1.165, 1.54) is 25.5 Å². The molecule has 1 aliphatic carbocycles. The highest BCUT2D eigenvalue weighted by atomic mass is 19.1. The van der Waals surface area contributed by atoms with Crippen molar-refractivity contribution in [1.82, 2.24) is 9.97 Å². The minimum atomic E-state index is -0.393. The number of hydrogen-bond donors (Lipinski definition) is 2. The number of rotatable bonds is 3. The topological polar surface area (TPSA) is 49.8 Å². The first-order valence-corrected chi connectivity index (χ1v) is 6.11. The fourth-order valence-corrected chi connectivity index (χ4v) is 2.32. The van der Waals surface area contributed by atoms with Gasteiger partial charge in [0.15, 0.2) is 11.6 Å². The molecule has 1 heterocycles. The second kappa shape index (κ2) is 4.85. The standard InChI is InChI=1S/C12H19FN4/c1-12(6-4-3-5-7-12)17-10-9(13)8-15-11(14-2)16-10/h8H,3-7H2,1-2H3,(H2,14,15,16,17). The lowest BCUT2D eigenvalue weighted by Crippen LogP contribution is -2.37. The highest BCUT2D eigenvalue weighted by molar-refractivity contribution is 5.43. The summed E-state index contributed by atoms with van der Waals surface area (Å²) in [5.74, 6) is 0.345. The predicted octanol–water partition coefficient (Wildman–Crippen LogP) is 2.79. The zero-order chi connectivity index (χ0) is 12.3. The molecule has 0 amide bonds. The number of nitrogens with zero attached hydrogens (tertiary/aromatic N) is 2. The van der Waals surface area contributed by atoms with Gasteiger partial charge in [0.05, 0.1) is 6.20 Å². The lowest BCUT2D eigenvalue weighted by molar-refractivity contribution is 0.347. The molecular formula is C12H19FN4. The highest BCUT2D eigenvalue weighted by Crippen LogP contribution is 2.31. The van der Waals surface area contributed by atoms with Crippen LogP contribution in [0.2, 0.25) is 0 Å². The Hall–Kier alpha value is -1.39. The molecule has 94 valence electrons. The van der Waals surface area contributed by atoms with Gasteiger partial charge in [-0.1, -0.05) is 19.3 Å². The van der Waals surface area contributed by atoms with Gasteiger partial charge < -0.3 is 10.6 Å². The second-order valence-corrected chi connectivity index (χ2v) is 4.89. The van der Waals surface area contributed by atoms with Crippen molar-refractivity contribution in [3.63, 3.8) is 0 Å². The SMILES string of the molecule is CNc1ncc(F)c(NC2(C)CCCCC2)n1. The molecule has 1 aliphatic rings. The lowest BCUT2D eigenvalue weighted by atomic mass is 9.83. The Labute approximate surface area is 101 Å². The van der Waals surface area contributed by atoms with Gasteiger partial charge in [-0.05, 0) is 19.8 Å². The van der Waals surface area contributed by atoms with Crippen LogP contribution in [0.15, 0.2) is 6.20 Å². The van der Waals surface area contributed by atoms with Gasteiger partial charge in [0, 0.05) is 12.6 Å². The van der Waals surface area contributed by atoms with Crippen LogP contribution in [-0.4, -0.2) is 22.6 Å². The number of halogens is 1. The monoisotopic (exact) mass is 238 g/mol. The molecule has 1 aromatic heterocycles. The van der Waals surface area contributed by atoms with E-state index in [0.717, 1.165) is 12.8 Å². The van der Waals surface area contributed by atoms with Crippen molar-refractivity contribution in [2.75, 3.05) is 17.7 Å². The van der Waals surface area contributed by atoms with Crippen molar-refractivity contribution in [2.45, 2.75) is 44.6 Å². The van der Waals surface area contributed by atoms with Crippen LogP contribution in [0, 0.1) is 5.82 Å². The Kier molecular flexibility index (Phi) is 3.45. The maximum absolute atomic E-state index is 13.6. The first kappa shape index (κ1) is 12.1. The summed E-state index contributed by atoms with van der Waals surface area (Å²) in [5, 5.41) is 6.05. The normalized spacial score (nSPS) is 18.8. The molecule has 0 bridgehead atoms.